The van der Waals surface area contributed by atoms with Crippen LogP contribution < -0.4 is 0 Å². The average Bonchev–Trinajstić information content (AvgIpc) is 2.68. The lowest BCUT2D eigenvalue weighted by molar-refractivity contribution is -0.147. The Morgan fingerprint density at radius 1 is 1.47 bits per heavy atom. The first kappa shape index (κ1) is 10.2. The summed E-state index contributed by atoms with van der Waals surface area (Å²) in [7, 11) is 1.47. The van der Waals surface area contributed by atoms with Crippen LogP contribution in [0.4, 0.5) is 0 Å². The fourth-order valence-corrected chi connectivity index (χ4v) is 2.61. The number of ether oxygens (including phenoxy) is 1. The van der Waals surface area contributed by atoms with E-state index in [9.17, 15) is 4.79 Å². The Morgan fingerprint density at radius 2 is 2.20 bits per heavy atom. The Labute approximate surface area is 90.3 Å². The summed E-state index contributed by atoms with van der Waals surface area (Å²) in [5, 5.41) is 0. The van der Waals surface area contributed by atoms with Crippen LogP contribution in [0, 0.1) is 0 Å². The van der Waals surface area contributed by atoms with Gasteiger partial charge in [-0.1, -0.05) is 31.2 Å². The van der Waals surface area contributed by atoms with Gasteiger partial charge in [0.1, 0.15) is 0 Å². The molecule has 0 heterocycles. The maximum atomic E-state index is 11.9. The van der Waals surface area contributed by atoms with E-state index < -0.39 is 0 Å². The molecule has 0 aliphatic heterocycles. The number of carbonyl (C=O) groups is 1. The molecule has 2 heteroatoms. The zero-order valence-electron chi connectivity index (χ0n) is 9.25. The van der Waals surface area contributed by atoms with Gasteiger partial charge in [0.15, 0.2) is 0 Å². The number of esters is 1. The zero-order chi connectivity index (χ0) is 10.9. The van der Waals surface area contributed by atoms with Crippen LogP contribution in [-0.2, 0) is 21.4 Å². The molecule has 1 aliphatic carbocycles. The molecule has 0 bridgehead atoms. The Bertz CT molecular complexity index is 384. The van der Waals surface area contributed by atoms with E-state index in [0.29, 0.717) is 0 Å². The van der Waals surface area contributed by atoms with Crippen LogP contribution >= 0.6 is 0 Å². The second kappa shape index (κ2) is 3.69. The van der Waals surface area contributed by atoms with Crippen LogP contribution in [0.15, 0.2) is 24.3 Å². The Morgan fingerprint density at radius 3 is 2.87 bits per heavy atom. The highest BCUT2D eigenvalue weighted by Crippen LogP contribution is 2.42. The van der Waals surface area contributed by atoms with Crippen molar-refractivity contribution in [1.82, 2.24) is 0 Å². The molecule has 2 nitrogen and oxygen atoms in total. The molecule has 1 atom stereocenters. The molecule has 1 aromatic rings. The quantitative estimate of drug-likeness (QED) is 0.692. The summed E-state index contributed by atoms with van der Waals surface area (Å²) in [6, 6.07) is 8.19. The van der Waals surface area contributed by atoms with Crippen molar-refractivity contribution in [3.05, 3.63) is 35.4 Å². The van der Waals surface area contributed by atoms with E-state index in [-0.39, 0.29) is 11.4 Å². The third kappa shape index (κ3) is 1.36. The van der Waals surface area contributed by atoms with Gasteiger partial charge in [-0.15, -0.1) is 0 Å². The first-order valence-corrected chi connectivity index (χ1v) is 5.41. The molecule has 0 saturated carbocycles. The summed E-state index contributed by atoms with van der Waals surface area (Å²) in [6.07, 6.45) is 2.69. The smallest absolute Gasteiger partial charge is 0.316 e. The van der Waals surface area contributed by atoms with E-state index in [2.05, 4.69) is 19.1 Å². The minimum Gasteiger partial charge on any atom is -0.468 e. The lowest BCUT2D eigenvalue weighted by Gasteiger charge is -2.25. The molecule has 1 aliphatic rings. The van der Waals surface area contributed by atoms with Crippen LogP contribution in [0.5, 0.6) is 0 Å². The number of fused-ring (bicyclic) bond motifs is 1. The van der Waals surface area contributed by atoms with E-state index in [1.165, 1.54) is 18.2 Å². The molecule has 15 heavy (non-hydrogen) atoms. The second-order valence-electron chi connectivity index (χ2n) is 4.08. The van der Waals surface area contributed by atoms with E-state index in [1.54, 1.807) is 0 Å². The summed E-state index contributed by atoms with van der Waals surface area (Å²) in [4.78, 5) is 11.9. The zero-order valence-corrected chi connectivity index (χ0v) is 9.25. The molecule has 0 saturated heterocycles. The Balaban J connectivity index is 2.50. The van der Waals surface area contributed by atoms with Gasteiger partial charge in [0.2, 0.25) is 0 Å². The van der Waals surface area contributed by atoms with Crippen molar-refractivity contribution >= 4 is 5.97 Å². The first-order valence-electron chi connectivity index (χ1n) is 5.41. The first-order chi connectivity index (χ1) is 7.24. The number of benzene rings is 1. The van der Waals surface area contributed by atoms with Crippen molar-refractivity contribution in [2.45, 2.75) is 31.6 Å². The molecule has 0 spiro atoms. The molecular weight excluding hydrogens is 188 g/mol. The molecule has 0 fully saturated rings. The number of aryl methyl sites for hydroxylation is 1. The van der Waals surface area contributed by atoms with Crippen molar-refractivity contribution < 1.29 is 9.53 Å². The van der Waals surface area contributed by atoms with Crippen molar-refractivity contribution in [1.29, 1.82) is 0 Å². The van der Waals surface area contributed by atoms with Gasteiger partial charge in [-0.3, -0.25) is 4.79 Å². The largest absolute Gasteiger partial charge is 0.468 e. The summed E-state index contributed by atoms with van der Waals surface area (Å²) < 4.78 is 4.95. The average molecular weight is 204 g/mol. The SMILES string of the molecule is CCC1(C(=O)OC)CCc2ccccc21. The number of rotatable bonds is 2. The predicted molar refractivity (Wildman–Crippen MR) is 58.7 cm³/mol. The van der Waals surface area contributed by atoms with Gasteiger partial charge < -0.3 is 4.74 Å². The third-order valence-electron chi connectivity index (χ3n) is 3.53. The van der Waals surface area contributed by atoms with Crippen molar-refractivity contribution in [3.63, 3.8) is 0 Å². The summed E-state index contributed by atoms with van der Waals surface area (Å²) in [6.45, 7) is 2.05. The topological polar surface area (TPSA) is 26.3 Å². The van der Waals surface area contributed by atoms with E-state index >= 15 is 0 Å². The minimum absolute atomic E-state index is 0.0880. The predicted octanol–water partition coefficient (Wildman–Crippen LogP) is 2.45. The van der Waals surface area contributed by atoms with Gasteiger partial charge in [0.05, 0.1) is 12.5 Å². The van der Waals surface area contributed by atoms with E-state index in [1.807, 2.05) is 12.1 Å². The molecule has 0 aromatic heterocycles. The summed E-state index contributed by atoms with van der Waals surface area (Å²) in [5.41, 5.74) is 2.08. The fraction of sp³-hybridized carbons (Fsp3) is 0.462. The number of carbonyl (C=O) groups excluding carboxylic acids is 1. The number of methoxy groups -OCH3 is 1. The van der Waals surface area contributed by atoms with E-state index in [0.717, 1.165) is 19.3 Å². The molecule has 1 aromatic carbocycles. The lowest BCUT2D eigenvalue weighted by atomic mass is 9.79. The molecule has 0 amide bonds. The molecule has 80 valence electrons. The maximum absolute atomic E-state index is 11.9. The van der Waals surface area contributed by atoms with Gasteiger partial charge in [-0.25, -0.2) is 0 Å². The highest BCUT2D eigenvalue weighted by Gasteiger charge is 2.44. The molecule has 0 N–H and O–H groups in total. The van der Waals surface area contributed by atoms with Gasteiger partial charge >= 0.3 is 5.97 Å². The van der Waals surface area contributed by atoms with Crippen LogP contribution in [0.3, 0.4) is 0 Å². The number of hydrogen-bond donors (Lipinski definition) is 0. The van der Waals surface area contributed by atoms with Crippen LogP contribution in [0.2, 0.25) is 0 Å². The standard InChI is InChI=1S/C13H16O2/c1-3-13(12(14)15-2)9-8-10-6-4-5-7-11(10)13/h4-7H,3,8-9H2,1-2H3. The normalized spacial score (nSPS) is 23.6. The van der Waals surface area contributed by atoms with Crippen LogP contribution in [0.1, 0.15) is 30.9 Å². The third-order valence-corrected chi connectivity index (χ3v) is 3.53. The van der Waals surface area contributed by atoms with Gasteiger partial charge in [-0.05, 0) is 30.4 Å². The van der Waals surface area contributed by atoms with Crippen molar-refractivity contribution in [2.24, 2.45) is 0 Å². The van der Waals surface area contributed by atoms with E-state index in [4.69, 9.17) is 4.74 Å². The minimum atomic E-state index is -0.384. The highest BCUT2D eigenvalue weighted by molar-refractivity contribution is 5.84. The highest BCUT2D eigenvalue weighted by atomic mass is 16.5. The molecule has 1 unspecified atom stereocenters. The summed E-state index contributed by atoms with van der Waals surface area (Å²) >= 11 is 0. The Hall–Kier alpha value is -1.31. The monoisotopic (exact) mass is 204 g/mol. The second-order valence-corrected chi connectivity index (χ2v) is 4.08. The van der Waals surface area contributed by atoms with Gasteiger partial charge in [-0.2, -0.15) is 0 Å². The lowest BCUT2D eigenvalue weighted by Crippen LogP contribution is -2.33. The van der Waals surface area contributed by atoms with Crippen LogP contribution in [0.25, 0.3) is 0 Å². The maximum Gasteiger partial charge on any atom is 0.316 e. The molecular formula is C13H16O2. The fourth-order valence-electron chi connectivity index (χ4n) is 2.61. The van der Waals surface area contributed by atoms with Gasteiger partial charge in [0, 0.05) is 0 Å². The van der Waals surface area contributed by atoms with Gasteiger partial charge in [0.25, 0.3) is 0 Å². The van der Waals surface area contributed by atoms with Crippen LogP contribution in [-0.4, -0.2) is 13.1 Å². The molecule has 2 rings (SSSR count). The van der Waals surface area contributed by atoms with Crippen molar-refractivity contribution in [3.8, 4) is 0 Å². The van der Waals surface area contributed by atoms with Crippen molar-refractivity contribution in [2.75, 3.05) is 7.11 Å². The summed E-state index contributed by atoms with van der Waals surface area (Å²) in [5.74, 6) is -0.0880. The molecule has 0 radical (unpaired) electrons. The number of hydrogen-bond acceptors (Lipinski definition) is 2. The Kier molecular flexibility index (Phi) is 2.51.